The SMILES string of the molecule is Cn1ccnc1C(NC(=O)Nc1nnc(C2CC2)s1)c1ccc(F)cc1. The molecule has 0 radical (unpaired) electrons. The van der Waals surface area contributed by atoms with E-state index in [1.807, 2.05) is 11.6 Å². The normalized spacial score (nSPS) is 14.8. The smallest absolute Gasteiger partial charge is 0.321 e. The number of aromatic nitrogens is 4. The zero-order chi connectivity index (χ0) is 18.1. The molecule has 1 saturated carbocycles. The summed E-state index contributed by atoms with van der Waals surface area (Å²) in [5, 5.41) is 15.1. The predicted molar refractivity (Wildman–Crippen MR) is 95.5 cm³/mol. The number of carbonyl (C=O) groups excluding carboxylic acids is 1. The lowest BCUT2D eigenvalue weighted by molar-refractivity contribution is 0.249. The van der Waals surface area contributed by atoms with Crippen LogP contribution in [-0.2, 0) is 7.05 Å². The third-order valence-electron chi connectivity index (χ3n) is 4.18. The Kier molecular flexibility index (Phi) is 4.37. The Morgan fingerprint density at radius 2 is 2.08 bits per heavy atom. The summed E-state index contributed by atoms with van der Waals surface area (Å²) in [6, 6.07) is 5.04. The Labute approximate surface area is 153 Å². The summed E-state index contributed by atoms with van der Waals surface area (Å²) in [5.74, 6) is 0.798. The molecule has 2 aromatic heterocycles. The van der Waals surface area contributed by atoms with Crippen LogP contribution < -0.4 is 10.6 Å². The van der Waals surface area contributed by atoms with Crippen molar-refractivity contribution in [2.24, 2.45) is 7.05 Å². The van der Waals surface area contributed by atoms with E-state index in [0.29, 0.717) is 16.9 Å². The molecule has 2 N–H and O–H groups in total. The van der Waals surface area contributed by atoms with Gasteiger partial charge in [0.2, 0.25) is 5.13 Å². The van der Waals surface area contributed by atoms with Gasteiger partial charge in [-0.2, -0.15) is 0 Å². The molecule has 9 heteroatoms. The van der Waals surface area contributed by atoms with E-state index in [9.17, 15) is 9.18 Å². The van der Waals surface area contributed by atoms with E-state index in [2.05, 4.69) is 25.8 Å². The van der Waals surface area contributed by atoms with Crippen LogP contribution in [0.1, 0.15) is 41.2 Å². The van der Waals surface area contributed by atoms with Gasteiger partial charge in [-0.15, -0.1) is 10.2 Å². The first-order valence-electron chi connectivity index (χ1n) is 8.24. The quantitative estimate of drug-likeness (QED) is 0.720. The first-order chi connectivity index (χ1) is 12.6. The number of hydrogen-bond acceptors (Lipinski definition) is 5. The first-order valence-corrected chi connectivity index (χ1v) is 9.05. The summed E-state index contributed by atoms with van der Waals surface area (Å²) in [4.78, 5) is 16.8. The second kappa shape index (κ2) is 6.83. The second-order valence-electron chi connectivity index (χ2n) is 6.20. The lowest BCUT2D eigenvalue weighted by atomic mass is 10.1. The maximum Gasteiger partial charge on any atom is 0.321 e. The van der Waals surface area contributed by atoms with Crippen LogP contribution >= 0.6 is 11.3 Å². The number of hydrogen-bond donors (Lipinski definition) is 2. The summed E-state index contributed by atoms with van der Waals surface area (Å²) in [7, 11) is 1.84. The number of nitrogens with one attached hydrogen (secondary N) is 2. The van der Waals surface area contributed by atoms with Gasteiger partial charge in [0, 0.05) is 25.4 Å². The highest BCUT2D eigenvalue weighted by atomic mass is 32.1. The average Bonchev–Trinajstić information content (AvgIpc) is 3.23. The molecular formula is C17H17FN6OS. The third-order valence-corrected chi connectivity index (χ3v) is 5.18. The zero-order valence-electron chi connectivity index (χ0n) is 14.0. The number of aryl methyl sites for hydroxylation is 1. The number of imidazole rings is 1. The maximum absolute atomic E-state index is 13.3. The predicted octanol–water partition coefficient (Wildman–Crippen LogP) is 3.20. The van der Waals surface area contributed by atoms with Gasteiger partial charge in [0.05, 0.1) is 0 Å². The number of nitrogens with zero attached hydrogens (tertiary/aromatic N) is 4. The number of benzene rings is 1. The van der Waals surface area contributed by atoms with Gasteiger partial charge in [0.1, 0.15) is 22.7 Å². The zero-order valence-corrected chi connectivity index (χ0v) is 14.8. The molecule has 1 unspecified atom stereocenters. The molecule has 0 aliphatic heterocycles. The van der Waals surface area contributed by atoms with Gasteiger partial charge in [0.25, 0.3) is 0 Å². The molecule has 1 aliphatic rings. The Morgan fingerprint density at radius 1 is 1.31 bits per heavy atom. The molecule has 0 bridgehead atoms. The Morgan fingerprint density at radius 3 is 2.73 bits per heavy atom. The minimum Gasteiger partial charge on any atom is -0.336 e. The summed E-state index contributed by atoms with van der Waals surface area (Å²) in [5.41, 5.74) is 0.729. The fourth-order valence-electron chi connectivity index (χ4n) is 2.65. The number of halogens is 1. The molecule has 1 aromatic carbocycles. The monoisotopic (exact) mass is 372 g/mol. The minimum atomic E-state index is -0.522. The standard InChI is InChI=1S/C17H17FN6OS/c1-24-9-8-19-14(24)13(10-4-6-12(18)7-5-10)20-16(25)21-17-23-22-15(26-17)11-2-3-11/h4-9,11,13H,2-3H2,1H3,(H2,20,21,23,25). The second-order valence-corrected chi connectivity index (χ2v) is 7.21. The van der Waals surface area contributed by atoms with Crippen molar-refractivity contribution in [1.29, 1.82) is 0 Å². The Bertz CT molecular complexity index is 917. The van der Waals surface area contributed by atoms with Crippen molar-refractivity contribution >= 4 is 22.5 Å². The molecule has 2 amide bonds. The molecule has 1 aliphatic carbocycles. The topological polar surface area (TPSA) is 84.7 Å². The van der Waals surface area contributed by atoms with Gasteiger partial charge < -0.3 is 9.88 Å². The van der Waals surface area contributed by atoms with Gasteiger partial charge in [-0.1, -0.05) is 23.5 Å². The Balaban J connectivity index is 1.52. The molecule has 7 nitrogen and oxygen atoms in total. The fourth-order valence-corrected chi connectivity index (χ4v) is 3.56. The van der Waals surface area contributed by atoms with Gasteiger partial charge in [-0.3, -0.25) is 5.32 Å². The number of anilines is 1. The lowest BCUT2D eigenvalue weighted by Gasteiger charge is -2.19. The molecule has 134 valence electrons. The van der Waals surface area contributed by atoms with Crippen molar-refractivity contribution < 1.29 is 9.18 Å². The summed E-state index contributed by atoms with van der Waals surface area (Å²) in [6.45, 7) is 0. The first kappa shape index (κ1) is 16.6. The lowest BCUT2D eigenvalue weighted by Crippen LogP contribution is -2.34. The average molecular weight is 372 g/mol. The van der Waals surface area contributed by atoms with Crippen molar-refractivity contribution in [3.63, 3.8) is 0 Å². The van der Waals surface area contributed by atoms with E-state index in [-0.39, 0.29) is 5.82 Å². The molecule has 1 fully saturated rings. The molecule has 0 saturated heterocycles. The van der Waals surface area contributed by atoms with Crippen molar-refractivity contribution in [2.45, 2.75) is 24.8 Å². The minimum absolute atomic E-state index is 0.335. The number of rotatable bonds is 5. The Hall–Kier alpha value is -2.81. The van der Waals surface area contributed by atoms with Crippen LogP contribution in [0.25, 0.3) is 0 Å². The van der Waals surface area contributed by atoms with E-state index < -0.39 is 12.1 Å². The molecule has 4 rings (SSSR count). The highest BCUT2D eigenvalue weighted by Gasteiger charge is 2.28. The van der Waals surface area contributed by atoms with Crippen LogP contribution in [0.15, 0.2) is 36.7 Å². The molecule has 26 heavy (non-hydrogen) atoms. The summed E-state index contributed by atoms with van der Waals surface area (Å²) < 4.78 is 15.1. The molecule has 3 aromatic rings. The van der Waals surface area contributed by atoms with Crippen LogP contribution in [0.4, 0.5) is 14.3 Å². The summed E-state index contributed by atoms with van der Waals surface area (Å²) >= 11 is 1.39. The van der Waals surface area contributed by atoms with E-state index in [1.165, 1.54) is 23.5 Å². The third kappa shape index (κ3) is 3.57. The van der Waals surface area contributed by atoms with Gasteiger partial charge in [0.15, 0.2) is 0 Å². The van der Waals surface area contributed by atoms with Gasteiger partial charge in [-0.05, 0) is 30.5 Å². The van der Waals surface area contributed by atoms with Crippen molar-refractivity contribution in [1.82, 2.24) is 25.1 Å². The summed E-state index contributed by atoms with van der Waals surface area (Å²) in [6.07, 6.45) is 5.70. The highest BCUT2D eigenvalue weighted by molar-refractivity contribution is 7.15. The van der Waals surface area contributed by atoms with Crippen LogP contribution in [0.2, 0.25) is 0 Å². The van der Waals surface area contributed by atoms with Crippen LogP contribution in [0.5, 0.6) is 0 Å². The van der Waals surface area contributed by atoms with E-state index in [1.54, 1.807) is 24.5 Å². The highest BCUT2D eigenvalue weighted by Crippen LogP contribution is 2.42. The number of urea groups is 1. The van der Waals surface area contributed by atoms with E-state index in [4.69, 9.17) is 0 Å². The fraction of sp³-hybridized carbons (Fsp3) is 0.294. The molecule has 2 heterocycles. The van der Waals surface area contributed by atoms with Crippen molar-refractivity contribution in [2.75, 3.05) is 5.32 Å². The van der Waals surface area contributed by atoms with Gasteiger partial charge in [-0.25, -0.2) is 14.2 Å². The molecule has 1 atom stereocenters. The van der Waals surface area contributed by atoms with E-state index >= 15 is 0 Å². The van der Waals surface area contributed by atoms with E-state index in [0.717, 1.165) is 23.4 Å². The van der Waals surface area contributed by atoms with Crippen LogP contribution in [0.3, 0.4) is 0 Å². The van der Waals surface area contributed by atoms with Crippen molar-refractivity contribution in [3.8, 4) is 0 Å². The van der Waals surface area contributed by atoms with Crippen molar-refractivity contribution in [3.05, 3.63) is 58.9 Å². The van der Waals surface area contributed by atoms with Crippen LogP contribution in [-0.4, -0.2) is 25.8 Å². The van der Waals surface area contributed by atoms with Gasteiger partial charge >= 0.3 is 6.03 Å². The number of carbonyl (C=O) groups is 1. The molecule has 0 spiro atoms. The molecular weight excluding hydrogens is 355 g/mol. The largest absolute Gasteiger partial charge is 0.336 e. The van der Waals surface area contributed by atoms with Crippen LogP contribution in [0, 0.1) is 5.82 Å². The number of amides is 2. The maximum atomic E-state index is 13.3.